The van der Waals surface area contributed by atoms with Gasteiger partial charge in [0.15, 0.2) is 0 Å². The van der Waals surface area contributed by atoms with Gasteiger partial charge in [-0.2, -0.15) is 9.94 Å². The molecule has 3 aromatic rings. The number of ether oxygens (including phenoxy) is 1. The summed E-state index contributed by atoms with van der Waals surface area (Å²) in [5.41, 5.74) is 1.38. The van der Waals surface area contributed by atoms with Crippen molar-refractivity contribution in [2.75, 3.05) is 0 Å². The monoisotopic (exact) mass is 263 g/mol. The molecule has 0 bridgehead atoms. The number of nitriles is 1. The fourth-order valence-electron chi connectivity index (χ4n) is 1.68. The fraction of sp³-hybridized carbons (Fsp3) is 0. The molecule has 0 amide bonds. The number of tetrazole rings is 1. The van der Waals surface area contributed by atoms with Gasteiger partial charge in [-0.05, 0) is 46.8 Å². The number of hydrogen-bond acceptors (Lipinski definition) is 5. The van der Waals surface area contributed by atoms with Gasteiger partial charge in [0.25, 0.3) is 0 Å². The van der Waals surface area contributed by atoms with Crippen LogP contribution in [0.5, 0.6) is 11.8 Å². The molecule has 0 saturated carbocycles. The van der Waals surface area contributed by atoms with Crippen molar-refractivity contribution in [2.45, 2.75) is 0 Å². The molecule has 0 unspecified atom stereocenters. The molecule has 0 saturated heterocycles. The van der Waals surface area contributed by atoms with E-state index < -0.39 is 0 Å². The van der Waals surface area contributed by atoms with Crippen LogP contribution in [0.25, 0.3) is 5.69 Å². The van der Waals surface area contributed by atoms with Gasteiger partial charge < -0.3 is 4.74 Å². The Balaban J connectivity index is 1.89. The zero-order valence-electron chi connectivity index (χ0n) is 10.3. The molecule has 0 atom stereocenters. The molecule has 0 N–H and O–H groups in total. The van der Waals surface area contributed by atoms with Gasteiger partial charge in [-0.15, -0.1) is 0 Å². The lowest BCUT2D eigenvalue weighted by molar-refractivity contribution is 0.427. The second-order valence-corrected chi connectivity index (χ2v) is 3.95. The van der Waals surface area contributed by atoms with Gasteiger partial charge in [-0.1, -0.05) is 23.3 Å². The first-order valence-electron chi connectivity index (χ1n) is 5.88. The van der Waals surface area contributed by atoms with Crippen molar-refractivity contribution in [1.29, 1.82) is 5.26 Å². The van der Waals surface area contributed by atoms with Crippen molar-refractivity contribution in [3.63, 3.8) is 0 Å². The summed E-state index contributed by atoms with van der Waals surface area (Å²) in [6.45, 7) is 0. The van der Waals surface area contributed by atoms with Gasteiger partial charge in [-0.25, -0.2) is 0 Å². The van der Waals surface area contributed by atoms with Crippen LogP contribution in [0.1, 0.15) is 5.56 Å². The van der Waals surface area contributed by atoms with Gasteiger partial charge in [0, 0.05) is 0 Å². The number of nitrogens with zero attached hydrogens (tertiary/aromatic N) is 5. The largest absolute Gasteiger partial charge is 0.423 e. The minimum atomic E-state index is 0.265. The highest BCUT2D eigenvalue weighted by Gasteiger charge is 2.10. The van der Waals surface area contributed by atoms with Crippen LogP contribution in [0, 0.1) is 11.3 Å². The standard InChI is InChI=1S/C14H9N5O/c15-10-11-6-8-13(9-7-11)20-14-16-17-18-19(14)12-4-2-1-3-5-12/h1-9H. The molecule has 3 rings (SSSR count). The Kier molecular flexibility index (Phi) is 3.08. The van der Waals surface area contributed by atoms with Crippen LogP contribution in [0.4, 0.5) is 0 Å². The predicted molar refractivity (Wildman–Crippen MR) is 70.4 cm³/mol. The molecular weight excluding hydrogens is 254 g/mol. The van der Waals surface area contributed by atoms with E-state index in [2.05, 4.69) is 15.5 Å². The lowest BCUT2D eigenvalue weighted by atomic mass is 10.2. The summed E-state index contributed by atoms with van der Waals surface area (Å²) in [5, 5.41) is 20.1. The Morgan fingerprint density at radius 3 is 2.45 bits per heavy atom. The zero-order chi connectivity index (χ0) is 13.8. The Labute approximate surface area is 114 Å². The second-order valence-electron chi connectivity index (χ2n) is 3.95. The van der Waals surface area contributed by atoms with Gasteiger partial charge >= 0.3 is 6.01 Å². The van der Waals surface area contributed by atoms with E-state index in [9.17, 15) is 0 Å². The zero-order valence-corrected chi connectivity index (χ0v) is 10.3. The van der Waals surface area contributed by atoms with Gasteiger partial charge in [0.1, 0.15) is 5.75 Å². The molecule has 0 radical (unpaired) electrons. The number of hydrogen-bond donors (Lipinski definition) is 0. The van der Waals surface area contributed by atoms with Gasteiger partial charge in [-0.3, -0.25) is 0 Å². The van der Waals surface area contributed by atoms with Crippen LogP contribution in [-0.2, 0) is 0 Å². The van der Waals surface area contributed by atoms with Crippen molar-refractivity contribution < 1.29 is 4.74 Å². The van der Waals surface area contributed by atoms with Crippen LogP contribution in [0.3, 0.4) is 0 Å². The smallest absolute Gasteiger partial charge is 0.345 e. The van der Waals surface area contributed by atoms with Crippen molar-refractivity contribution in [3.05, 3.63) is 60.2 Å². The Morgan fingerprint density at radius 1 is 1.00 bits per heavy atom. The Bertz CT molecular complexity index is 743. The maximum atomic E-state index is 8.75. The number of aromatic nitrogens is 4. The minimum Gasteiger partial charge on any atom is -0.423 e. The molecule has 96 valence electrons. The Hall–Kier alpha value is -3.20. The van der Waals surface area contributed by atoms with Crippen LogP contribution in [0.15, 0.2) is 54.6 Å². The molecule has 0 fully saturated rings. The highest BCUT2D eigenvalue weighted by molar-refractivity contribution is 5.37. The van der Waals surface area contributed by atoms with E-state index in [4.69, 9.17) is 10.00 Å². The molecule has 6 nitrogen and oxygen atoms in total. The highest BCUT2D eigenvalue weighted by Crippen LogP contribution is 2.21. The average Bonchev–Trinajstić information content (AvgIpc) is 2.97. The van der Waals surface area contributed by atoms with E-state index in [0.29, 0.717) is 11.3 Å². The van der Waals surface area contributed by atoms with Crippen molar-refractivity contribution in [3.8, 4) is 23.5 Å². The quantitative estimate of drug-likeness (QED) is 0.724. The molecule has 0 aliphatic heterocycles. The van der Waals surface area contributed by atoms with Crippen molar-refractivity contribution in [2.24, 2.45) is 0 Å². The fourth-order valence-corrected chi connectivity index (χ4v) is 1.68. The molecule has 6 heteroatoms. The SMILES string of the molecule is N#Cc1ccc(Oc2nnnn2-c2ccccc2)cc1. The molecule has 1 aromatic heterocycles. The second kappa shape index (κ2) is 5.20. The molecule has 20 heavy (non-hydrogen) atoms. The van der Waals surface area contributed by atoms with Gasteiger partial charge in [0.05, 0.1) is 17.3 Å². The van der Waals surface area contributed by atoms with Crippen LogP contribution in [-0.4, -0.2) is 20.2 Å². The van der Waals surface area contributed by atoms with Crippen LogP contribution in [0.2, 0.25) is 0 Å². The lowest BCUT2D eigenvalue weighted by Crippen LogP contribution is -1.99. The highest BCUT2D eigenvalue weighted by atomic mass is 16.5. The third-order valence-corrected chi connectivity index (χ3v) is 2.63. The molecule has 0 aliphatic rings. The summed E-state index contributed by atoms with van der Waals surface area (Å²) in [7, 11) is 0. The molecule has 0 spiro atoms. The van der Waals surface area contributed by atoms with Crippen molar-refractivity contribution in [1.82, 2.24) is 20.2 Å². The number of para-hydroxylation sites is 1. The Morgan fingerprint density at radius 2 is 1.75 bits per heavy atom. The third-order valence-electron chi connectivity index (χ3n) is 2.63. The maximum Gasteiger partial charge on any atom is 0.345 e. The van der Waals surface area contributed by atoms with E-state index in [0.717, 1.165) is 5.69 Å². The van der Waals surface area contributed by atoms with E-state index in [1.807, 2.05) is 36.4 Å². The summed E-state index contributed by atoms with van der Waals surface area (Å²) < 4.78 is 7.12. The van der Waals surface area contributed by atoms with Crippen molar-refractivity contribution >= 4 is 0 Å². The predicted octanol–water partition coefficient (Wildman–Crippen LogP) is 2.33. The van der Waals surface area contributed by atoms with E-state index in [1.165, 1.54) is 4.68 Å². The lowest BCUT2D eigenvalue weighted by Gasteiger charge is -2.05. The first kappa shape index (κ1) is 11.9. The first-order valence-corrected chi connectivity index (χ1v) is 5.88. The normalized spacial score (nSPS) is 9.95. The summed E-state index contributed by atoms with van der Waals surface area (Å²) in [5.74, 6) is 0.566. The maximum absolute atomic E-state index is 8.75. The average molecular weight is 263 g/mol. The summed E-state index contributed by atoms with van der Waals surface area (Å²) in [6.07, 6.45) is 0. The third kappa shape index (κ3) is 2.33. The first-order chi connectivity index (χ1) is 9.86. The van der Waals surface area contributed by atoms with Crippen LogP contribution >= 0.6 is 0 Å². The molecule has 1 heterocycles. The number of rotatable bonds is 3. The summed E-state index contributed by atoms with van der Waals surface area (Å²) in [4.78, 5) is 0. The minimum absolute atomic E-state index is 0.265. The summed E-state index contributed by atoms with van der Waals surface area (Å²) >= 11 is 0. The molecule has 0 aliphatic carbocycles. The van der Waals surface area contributed by atoms with E-state index >= 15 is 0 Å². The van der Waals surface area contributed by atoms with Gasteiger partial charge in [0.2, 0.25) is 0 Å². The van der Waals surface area contributed by atoms with Crippen LogP contribution < -0.4 is 4.74 Å². The molecular formula is C14H9N5O. The summed E-state index contributed by atoms with van der Waals surface area (Å²) in [6, 6.07) is 18.5. The molecule has 2 aromatic carbocycles. The van der Waals surface area contributed by atoms with E-state index in [1.54, 1.807) is 24.3 Å². The topological polar surface area (TPSA) is 76.6 Å². The number of benzene rings is 2. The van der Waals surface area contributed by atoms with E-state index in [-0.39, 0.29) is 6.01 Å².